The van der Waals surface area contributed by atoms with Gasteiger partial charge in [-0.15, -0.1) is 0 Å². The molecular weight excluding hydrogens is 560 g/mol. The number of nitrogens with zero attached hydrogens (tertiary/aromatic N) is 3. The Morgan fingerprint density at radius 1 is 0.953 bits per heavy atom. The molecule has 1 N–H and O–H groups in total. The molecule has 1 saturated carbocycles. The summed E-state index contributed by atoms with van der Waals surface area (Å²) in [4.78, 5) is 47.3. The summed E-state index contributed by atoms with van der Waals surface area (Å²) < 4.78 is 0. The maximum absolute atomic E-state index is 14.7. The van der Waals surface area contributed by atoms with Gasteiger partial charge in [-0.25, -0.2) is 0 Å². The van der Waals surface area contributed by atoms with E-state index in [0.717, 1.165) is 37.8 Å². The van der Waals surface area contributed by atoms with Gasteiger partial charge in [0.25, 0.3) is 0 Å². The van der Waals surface area contributed by atoms with Crippen LogP contribution in [0, 0.1) is 16.7 Å². The van der Waals surface area contributed by atoms with Gasteiger partial charge in [0, 0.05) is 61.0 Å². The van der Waals surface area contributed by atoms with Crippen molar-refractivity contribution in [1.82, 2.24) is 20.0 Å². The molecule has 0 spiro atoms. The van der Waals surface area contributed by atoms with Crippen LogP contribution in [-0.2, 0) is 14.4 Å². The van der Waals surface area contributed by atoms with Gasteiger partial charge in [-0.3, -0.25) is 19.3 Å². The van der Waals surface area contributed by atoms with Crippen LogP contribution < -0.4 is 5.32 Å². The van der Waals surface area contributed by atoms with Crippen molar-refractivity contribution in [3.05, 3.63) is 34.9 Å². The number of likely N-dealkylation sites (tertiary alicyclic amines) is 2. The zero-order chi connectivity index (χ0) is 31.9. The van der Waals surface area contributed by atoms with Crippen LogP contribution in [-0.4, -0.2) is 82.3 Å². The molecule has 3 amide bonds. The van der Waals surface area contributed by atoms with E-state index >= 15 is 0 Å². The highest BCUT2D eigenvalue weighted by molar-refractivity contribution is 6.30. The number of carbonyl (C=O) groups is 3. The molecule has 1 unspecified atom stereocenters. The van der Waals surface area contributed by atoms with Crippen molar-refractivity contribution in [3.8, 4) is 0 Å². The molecule has 8 heteroatoms. The van der Waals surface area contributed by atoms with Gasteiger partial charge in [0.05, 0.1) is 18.0 Å². The lowest BCUT2D eigenvalue weighted by molar-refractivity contribution is -0.147. The summed E-state index contributed by atoms with van der Waals surface area (Å²) >= 11 is 6.23. The summed E-state index contributed by atoms with van der Waals surface area (Å²) in [5, 5.41) is 3.68. The van der Waals surface area contributed by atoms with Crippen LogP contribution in [0.4, 0.5) is 0 Å². The molecule has 240 valence electrons. The molecule has 4 atom stereocenters. The molecule has 1 aromatic rings. The van der Waals surface area contributed by atoms with E-state index in [1.165, 1.54) is 6.92 Å². The fraction of sp³-hybridized carbons (Fsp3) is 0.743. The molecule has 7 nitrogen and oxygen atoms in total. The van der Waals surface area contributed by atoms with Crippen molar-refractivity contribution in [1.29, 1.82) is 0 Å². The number of halogens is 1. The number of carbonyl (C=O) groups excluding carboxylic acids is 3. The van der Waals surface area contributed by atoms with Crippen LogP contribution in [0.5, 0.6) is 0 Å². The predicted octanol–water partition coefficient (Wildman–Crippen LogP) is 6.10. The Hall–Kier alpha value is -2.12. The summed E-state index contributed by atoms with van der Waals surface area (Å²) in [6.07, 6.45) is 4.82. The fourth-order valence-electron chi connectivity index (χ4n) is 7.36. The first kappa shape index (κ1) is 33.8. The van der Waals surface area contributed by atoms with E-state index in [9.17, 15) is 14.4 Å². The highest BCUT2D eigenvalue weighted by Crippen LogP contribution is 2.42. The second-order valence-electron chi connectivity index (χ2n) is 16.2. The third-order valence-electron chi connectivity index (χ3n) is 10.1. The van der Waals surface area contributed by atoms with E-state index in [0.29, 0.717) is 31.1 Å². The number of nitrogens with one attached hydrogen (secondary N) is 1. The van der Waals surface area contributed by atoms with Crippen molar-refractivity contribution in [2.24, 2.45) is 16.7 Å². The van der Waals surface area contributed by atoms with Crippen LogP contribution in [0.25, 0.3) is 0 Å². The third-order valence-corrected chi connectivity index (χ3v) is 10.4. The van der Waals surface area contributed by atoms with Gasteiger partial charge in [-0.1, -0.05) is 58.4 Å². The van der Waals surface area contributed by atoms with Gasteiger partial charge in [-0.2, -0.15) is 0 Å². The molecule has 2 heterocycles. The highest BCUT2D eigenvalue weighted by atomic mass is 35.5. The summed E-state index contributed by atoms with van der Waals surface area (Å²) in [6, 6.07) is 7.85. The van der Waals surface area contributed by atoms with Gasteiger partial charge in [-0.05, 0) is 76.0 Å². The first-order chi connectivity index (χ1) is 19.9. The van der Waals surface area contributed by atoms with E-state index in [4.69, 9.17) is 11.6 Å². The van der Waals surface area contributed by atoms with Gasteiger partial charge in [0.1, 0.15) is 0 Å². The van der Waals surface area contributed by atoms with Gasteiger partial charge in [0.2, 0.25) is 17.7 Å². The minimum atomic E-state index is -0.518. The lowest BCUT2D eigenvalue weighted by Gasteiger charge is -2.45. The number of hydrogen-bond acceptors (Lipinski definition) is 4. The van der Waals surface area contributed by atoms with Crippen molar-refractivity contribution >= 4 is 29.3 Å². The zero-order valence-corrected chi connectivity index (χ0v) is 28.8. The van der Waals surface area contributed by atoms with Crippen molar-refractivity contribution in [2.45, 2.75) is 124 Å². The maximum Gasteiger partial charge on any atom is 0.228 e. The molecule has 43 heavy (non-hydrogen) atoms. The van der Waals surface area contributed by atoms with Crippen LogP contribution in [0.1, 0.15) is 106 Å². The Morgan fingerprint density at radius 2 is 1.56 bits per heavy atom. The largest absolute Gasteiger partial charge is 0.354 e. The third kappa shape index (κ3) is 7.94. The molecule has 3 aliphatic rings. The fourth-order valence-corrected chi connectivity index (χ4v) is 7.49. The molecule has 0 bridgehead atoms. The first-order valence-corrected chi connectivity index (χ1v) is 16.6. The van der Waals surface area contributed by atoms with E-state index < -0.39 is 5.41 Å². The van der Waals surface area contributed by atoms with E-state index in [2.05, 4.69) is 61.9 Å². The molecule has 3 fully saturated rings. The summed E-state index contributed by atoms with van der Waals surface area (Å²) in [7, 11) is 0. The summed E-state index contributed by atoms with van der Waals surface area (Å²) in [5.74, 6) is -0.00328. The van der Waals surface area contributed by atoms with E-state index in [1.807, 2.05) is 37.8 Å². The monoisotopic (exact) mass is 614 g/mol. The lowest BCUT2D eigenvalue weighted by Crippen LogP contribution is -2.54. The van der Waals surface area contributed by atoms with Gasteiger partial charge < -0.3 is 15.1 Å². The maximum atomic E-state index is 14.7. The topological polar surface area (TPSA) is 73.0 Å². The first-order valence-electron chi connectivity index (χ1n) is 16.3. The molecule has 0 aromatic heterocycles. The van der Waals surface area contributed by atoms with Crippen LogP contribution in [0.2, 0.25) is 5.02 Å². The zero-order valence-electron chi connectivity index (χ0n) is 28.0. The molecule has 2 saturated heterocycles. The van der Waals surface area contributed by atoms with E-state index in [-0.39, 0.29) is 58.6 Å². The number of hydrogen-bond donors (Lipinski definition) is 1. The standard InChI is InChI=1S/C35H55ClN4O3/c1-23(41)37-19-27-18-28(40(32(43)33(2,3)4)26-14-16-35(8,9)17-15-26)20-39(27)31(42)30-22-38(34(5,6)7)21-29(30)24-10-12-25(36)13-11-24/h10-13,26-30H,14-22H2,1-9H3,(H,37,41)/t27-,28-,29-,30?/m0/s1. The minimum Gasteiger partial charge on any atom is -0.354 e. The predicted molar refractivity (Wildman–Crippen MR) is 174 cm³/mol. The smallest absolute Gasteiger partial charge is 0.228 e. The molecule has 2 aliphatic heterocycles. The SMILES string of the molecule is CC(=O)NC[C@@H]1C[C@H](N(C(=O)C(C)(C)C)C2CCC(C)(C)CC2)CN1C(=O)C1CN(C(C)(C)C)C[C@H]1c1ccc(Cl)cc1. The summed E-state index contributed by atoms with van der Waals surface area (Å²) in [6.45, 7) is 21.1. The quantitative estimate of drug-likeness (QED) is 0.420. The summed E-state index contributed by atoms with van der Waals surface area (Å²) in [5.41, 5.74) is 0.818. The average molecular weight is 615 g/mol. The minimum absolute atomic E-state index is 0.0392. The van der Waals surface area contributed by atoms with Crippen LogP contribution >= 0.6 is 11.6 Å². The number of rotatable bonds is 6. The van der Waals surface area contributed by atoms with Gasteiger partial charge in [0.15, 0.2) is 0 Å². The van der Waals surface area contributed by atoms with Crippen LogP contribution in [0.15, 0.2) is 24.3 Å². The van der Waals surface area contributed by atoms with Crippen LogP contribution in [0.3, 0.4) is 0 Å². The Balaban J connectivity index is 1.66. The second-order valence-corrected chi connectivity index (χ2v) is 16.6. The number of benzene rings is 1. The Labute approximate surface area is 265 Å². The number of amides is 3. The normalized spacial score (nSPS) is 26.9. The highest BCUT2D eigenvalue weighted by Gasteiger charge is 2.49. The van der Waals surface area contributed by atoms with Crippen molar-refractivity contribution in [2.75, 3.05) is 26.2 Å². The van der Waals surface area contributed by atoms with Crippen molar-refractivity contribution < 1.29 is 14.4 Å². The van der Waals surface area contributed by atoms with Crippen molar-refractivity contribution in [3.63, 3.8) is 0 Å². The molecule has 4 rings (SSSR count). The van der Waals surface area contributed by atoms with Gasteiger partial charge >= 0.3 is 0 Å². The molecule has 0 radical (unpaired) electrons. The molecular formula is C35H55ClN4O3. The Bertz CT molecular complexity index is 1160. The Morgan fingerprint density at radius 3 is 2.09 bits per heavy atom. The molecule has 1 aliphatic carbocycles. The van der Waals surface area contributed by atoms with E-state index in [1.54, 1.807) is 0 Å². The second kappa shape index (κ2) is 12.7. The lowest BCUT2D eigenvalue weighted by atomic mass is 9.74. The Kier molecular flexibility index (Phi) is 9.98. The molecule has 1 aromatic carbocycles. The average Bonchev–Trinajstić information content (AvgIpc) is 3.53.